The van der Waals surface area contributed by atoms with Crippen LogP contribution in [0.15, 0.2) is 22.7 Å². The van der Waals surface area contributed by atoms with Crippen molar-refractivity contribution in [3.8, 4) is 5.75 Å². The van der Waals surface area contributed by atoms with E-state index in [4.69, 9.17) is 4.74 Å². The molecule has 0 aliphatic heterocycles. The minimum Gasteiger partial charge on any atom is -0.496 e. The van der Waals surface area contributed by atoms with Crippen LogP contribution in [0.5, 0.6) is 5.75 Å². The lowest BCUT2D eigenvalue weighted by molar-refractivity contribution is 0.102. The lowest BCUT2D eigenvalue weighted by atomic mass is 10.1. The van der Waals surface area contributed by atoms with E-state index in [1.165, 1.54) is 12.8 Å². The Balaban J connectivity index is 1.93. The molecule has 1 aliphatic rings. The first-order valence-electron chi connectivity index (χ1n) is 6.82. The summed E-state index contributed by atoms with van der Waals surface area (Å²) in [5.41, 5.74) is 0.581. The molecule has 0 amide bonds. The van der Waals surface area contributed by atoms with Gasteiger partial charge in [-0.2, -0.15) is 0 Å². The zero-order chi connectivity index (χ0) is 14.5. The van der Waals surface area contributed by atoms with Gasteiger partial charge in [-0.1, -0.05) is 12.8 Å². The Hall–Kier alpha value is -0.680. The van der Waals surface area contributed by atoms with Crippen molar-refractivity contribution in [3.05, 3.63) is 28.2 Å². The van der Waals surface area contributed by atoms with Crippen LogP contribution in [0.3, 0.4) is 0 Å². The highest BCUT2D eigenvalue weighted by molar-refractivity contribution is 9.10. The number of halogens is 1. The normalized spacial score (nSPS) is 17.1. The maximum absolute atomic E-state index is 12.1. The Labute approximate surface area is 130 Å². The Bertz CT molecular complexity index is 510. The smallest absolute Gasteiger partial charge is 0.175 e. The van der Waals surface area contributed by atoms with Gasteiger partial charge in [0.05, 0.1) is 17.3 Å². The van der Waals surface area contributed by atoms with Crippen LogP contribution in [0.4, 0.5) is 0 Å². The summed E-state index contributed by atoms with van der Waals surface area (Å²) in [6.07, 6.45) is 4.80. The summed E-state index contributed by atoms with van der Waals surface area (Å²) in [5.74, 6) is 1.96. The third kappa shape index (κ3) is 4.16. The molecule has 1 unspecified atom stereocenters. The van der Waals surface area contributed by atoms with E-state index in [1.807, 2.05) is 0 Å². The second kappa shape index (κ2) is 7.36. The van der Waals surface area contributed by atoms with Gasteiger partial charge >= 0.3 is 0 Å². The molecule has 1 aromatic rings. The van der Waals surface area contributed by atoms with Crippen molar-refractivity contribution in [2.24, 2.45) is 5.92 Å². The molecule has 0 N–H and O–H groups in total. The van der Waals surface area contributed by atoms with E-state index in [0.29, 0.717) is 23.0 Å². The van der Waals surface area contributed by atoms with E-state index in [9.17, 15) is 9.00 Å². The van der Waals surface area contributed by atoms with Crippen molar-refractivity contribution < 1.29 is 13.7 Å². The third-order valence-electron chi connectivity index (χ3n) is 3.66. The quantitative estimate of drug-likeness (QED) is 0.730. The van der Waals surface area contributed by atoms with Crippen molar-refractivity contribution in [1.29, 1.82) is 0 Å². The molecular weight excluding hydrogens is 340 g/mol. The van der Waals surface area contributed by atoms with E-state index in [-0.39, 0.29) is 11.5 Å². The molecule has 0 heterocycles. The summed E-state index contributed by atoms with van der Waals surface area (Å²) < 4.78 is 17.9. The fourth-order valence-electron chi connectivity index (χ4n) is 2.57. The molecule has 3 nitrogen and oxygen atoms in total. The third-order valence-corrected chi connectivity index (χ3v) is 5.71. The fraction of sp³-hybridized carbons (Fsp3) is 0.533. The molecule has 1 saturated carbocycles. The van der Waals surface area contributed by atoms with E-state index < -0.39 is 10.8 Å². The van der Waals surface area contributed by atoms with Crippen molar-refractivity contribution in [1.82, 2.24) is 0 Å². The molecule has 1 atom stereocenters. The molecule has 110 valence electrons. The van der Waals surface area contributed by atoms with E-state index in [0.717, 1.165) is 17.3 Å². The number of benzene rings is 1. The zero-order valence-electron chi connectivity index (χ0n) is 11.6. The number of ketones is 1. The molecule has 1 fully saturated rings. The first kappa shape index (κ1) is 15.7. The first-order chi connectivity index (χ1) is 9.60. The molecular formula is C15H19BrO3S. The standard InChI is InChI=1S/C15H19BrO3S/c1-19-15-7-6-12(8-13(15)16)14(17)10-20(18)9-11-4-2-3-5-11/h6-8,11H,2-5,9-10H2,1H3. The van der Waals surface area contributed by atoms with Gasteiger partial charge in [-0.3, -0.25) is 9.00 Å². The number of hydrogen-bond donors (Lipinski definition) is 0. The van der Waals surface area contributed by atoms with Crippen LogP contribution in [0, 0.1) is 5.92 Å². The van der Waals surface area contributed by atoms with Crippen LogP contribution < -0.4 is 4.74 Å². The number of ether oxygens (including phenoxy) is 1. The van der Waals surface area contributed by atoms with E-state index in [2.05, 4.69) is 15.9 Å². The lowest BCUT2D eigenvalue weighted by Crippen LogP contribution is -2.17. The van der Waals surface area contributed by atoms with Gasteiger partial charge in [0.2, 0.25) is 0 Å². The average Bonchev–Trinajstić information content (AvgIpc) is 2.91. The molecule has 2 rings (SSSR count). The second-order valence-electron chi connectivity index (χ2n) is 5.17. The zero-order valence-corrected chi connectivity index (χ0v) is 14.0. The number of rotatable bonds is 6. The summed E-state index contributed by atoms with van der Waals surface area (Å²) in [7, 11) is 0.531. The molecule has 5 heteroatoms. The van der Waals surface area contributed by atoms with Crippen molar-refractivity contribution in [2.45, 2.75) is 25.7 Å². The highest BCUT2D eigenvalue weighted by Crippen LogP contribution is 2.27. The van der Waals surface area contributed by atoms with Crippen molar-refractivity contribution in [2.75, 3.05) is 18.6 Å². The van der Waals surface area contributed by atoms with Crippen LogP contribution >= 0.6 is 15.9 Å². The van der Waals surface area contributed by atoms with Crippen LogP contribution in [0.2, 0.25) is 0 Å². The van der Waals surface area contributed by atoms with Crippen LogP contribution in [0.1, 0.15) is 36.0 Å². The molecule has 0 radical (unpaired) electrons. The van der Waals surface area contributed by atoms with Gasteiger partial charge in [-0.25, -0.2) is 0 Å². The van der Waals surface area contributed by atoms with Crippen molar-refractivity contribution in [3.63, 3.8) is 0 Å². The molecule has 0 aromatic heterocycles. The summed E-state index contributed by atoms with van der Waals surface area (Å²) in [6, 6.07) is 5.20. The van der Waals surface area contributed by atoms with Gasteiger partial charge in [-0.15, -0.1) is 0 Å². The Morgan fingerprint density at radius 2 is 2.10 bits per heavy atom. The molecule has 1 aliphatic carbocycles. The monoisotopic (exact) mass is 358 g/mol. The van der Waals surface area contributed by atoms with Gasteiger partial charge in [0.25, 0.3) is 0 Å². The van der Waals surface area contributed by atoms with Gasteiger partial charge in [0, 0.05) is 22.1 Å². The van der Waals surface area contributed by atoms with Crippen molar-refractivity contribution >= 4 is 32.5 Å². The summed E-state index contributed by atoms with van der Waals surface area (Å²) in [4.78, 5) is 12.1. The van der Waals surface area contributed by atoms with E-state index in [1.54, 1.807) is 25.3 Å². The lowest BCUT2D eigenvalue weighted by Gasteiger charge is -2.09. The average molecular weight is 359 g/mol. The van der Waals surface area contributed by atoms with Crippen LogP contribution in [-0.4, -0.2) is 28.6 Å². The molecule has 0 spiro atoms. The van der Waals surface area contributed by atoms with Gasteiger partial charge in [0.15, 0.2) is 5.78 Å². The summed E-state index contributed by atoms with van der Waals surface area (Å²) in [6.45, 7) is 0. The molecule has 1 aromatic carbocycles. The van der Waals surface area contributed by atoms with Gasteiger partial charge < -0.3 is 4.74 Å². The predicted molar refractivity (Wildman–Crippen MR) is 84.9 cm³/mol. The van der Waals surface area contributed by atoms with E-state index >= 15 is 0 Å². The fourth-order valence-corrected chi connectivity index (χ4v) is 4.54. The highest BCUT2D eigenvalue weighted by Gasteiger charge is 2.20. The number of Topliss-reactive ketones (excluding diaryl/α,β-unsaturated/α-hetero) is 1. The topological polar surface area (TPSA) is 43.4 Å². The Kier molecular flexibility index (Phi) is 5.78. The second-order valence-corrected chi connectivity index (χ2v) is 7.53. The molecule has 0 bridgehead atoms. The van der Waals surface area contributed by atoms with Gasteiger partial charge in [0.1, 0.15) is 5.75 Å². The molecule has 20 heavy (non-hydrogen) atoms. The Morgan fingerprint density at radius 3 is 2.70 bits per heavy atom. The van der Waals surface area contributed by atoms with Gasteiger partial charge in [-0.05, 0) is 52.9 Å². The minimum absolute atomic E-state index is 0.0651. The number of carbonyl (C=O) groups is 1. The number of methoxy groups -OCH3 is 1. The maximum atomic E-state index is 12.1. The maximum Gasteiger partial charge on any atom is 0.175 e. The Morgan fingerprint density at radius 1 is 1.40 bits per heavy atom. The predicted octanol–water partition coefficient (Wildman–Crippen LogP) is 3.58. The SMILES string of the molecule is COc1ccc(C(=O)CS(=O)CC2CCCC2)cc1Br. The number of hydrogen-bond acceptors (Lipinski definition) is 3. The minimum atomic E-state index is -1.05. The van der Waals surface area contributed by atoms with Crippen LogP contribution in [0.25, 0.3) is 0 Å². The summed E-state index contributed by atoms with van der Waals surface area (Å²) in [5, 5.41) is 0. The largest absolute Gasteiger partial charge is 0.496 e. The first-order valence-corrected chi connectivity index (χ1v) is 9.10. The summed E-state index contributed by atoms with van der Waals surface area (Å²) >= 11 is 3.36. The highest BCUT2D eigenvalue weighted by atomic mass is 79.9. The molecule has 0 saturated heterocycles. The van der Waals surface area contributed by atoms with Crippen LogP contribution in [-0.2, 0) is 10.8 Å². The number of carbonyl (C=O) groups excluding carboxylic acids is 1.